The van der Waals surface area contributed by atoms with Crippen LogP contribution in [0.25, 0.3) is 0 Å². The highest BCUT2D eigenvalue weighted by molar-refractivity contribution is 7.92. The first-order valence-corrected chi connectivity index (χ1v) is 13.1. The summed E-state index contributed by atoms with van der Waals surface area (Å²) >= 11 is 12.6. The van der Waals surface area contributed by atoms with Gasteiger partial charge in [0.1, 0.15) is 12.6 Å². The number of hydrogen-bond acceptors (Lipinski definition) is 4. The smallest absolute Gasteiger partial charge is 0.244 e. The standard InChI is InChI=1S/C23H29Cl2N3O4S/c1-5-13-26-23(30)17(3)27(14-18-19(24)10-8-11-20(18)25)22(29)15-28(33(4,31)32)21-12-7-6-9-16(21)2/h6-12,17H,5,13-15H2,1-4H3,(H,26,30)/t17-/m1/s1. The van der Waals surface area contributed by atoms with Crippen LogP contribution in [0.2, 0.25) is 10.0 Å². The number of halogens is 2. The molecule has 0 radical (unpaired) electrons. The molecule has 2 rings (SSSR count). The van der Waals surface area contributed by atoms with E-state index in [1.165, 1.54) is 4.90 Å². The van der Waals surface area contributed by atoms with E-state index in [4.69, 9.17) is 23.2 Å². The van der Waals surface area contributed by atoms with Gasteiger partial charge in [-0.1, -0.05) is 54.4 Å². The van der Waals surface area contributed by atoms with Crippen molar-refractivity contribution in [3.05, 3.63) is 63.6 Å². The zero-order valence-corrected chi connectivity index (χ0v) is 21.5. The van der Waals surface area contributed by atoms with Crippen LogP contribution in [0, 0.1) is 6.92 Å². The molecule has 0 saturated heterocycles. The summed E-state index contributed by atoms with van der Waals surface area (Å²) in [6, 6.07) is 11.0. The van der Waals surface area contributed by atoms with Gasteiger partial charge in [-0.15, -0.1) is 0 Å². The van der Waals surface area contributed by atoms with Crippen LogP contribution in [0.1, 0.15) is 31.4 Å². The third-order valence-corrected chi connectivity index (χ3v) is 7.00. The van der Waals surface area contributed by atoms with Crippen molar-refractivity contribution in [3.63, 3.8) is 0 Å². The molecule has 10 heteroatoms. The normalized spacial score (nSPS) is 12.2. The number of amides is 2. The van der Waals surface area contributed by atoms with Crippen molar-refractivity contribution in [2.24, 2.45) is 0 Å². The Kier molecular flexibility index (Phi) is 9.57. The number of nitrogens with one attached hydrogen (secondary N) is 1. The van der Waals surface area contributed by atoms with Crippen LogP contribution in [-0.4, -0.2) is 50.5 Å². The maximum atomic E-state index is 13.5. The molecule has 0 aliphatic heterocycles. The lowest BCUT2D eigenvalue weighted by molar-refractivity contribution is -0.139. The summed E-state index contributed by atoms with van der Waals surface area (Å²) < 4.78 is 26.2. The molecule has 1 N–H and O–H groups in total. The van der Waals surface area contributed by atoms with E-state index in [-0.39, 0.29) is 12.5 Å². The second-order valence-electron chi connectivity index (χ2n) is 7.74. The number of sulfonamides is 1. The molecule has 180 valence electrons. The van der Waals surface area contributed by atoms with Gasteiger partial charge in [0.05, 0.1) is 11.9 Å². The molecular formula is C23H29Cl2N3O4S. The van der Waals surface area contributed by atoms with Crippen molar-refractivity contribution in [2.75, 3.05) is 23.7 Å². The van der Waals surface area contributed by atoms with E-state index >= 15 is 0 Å². The Morgan fingerprint density at radius 3 is 2.21 bits per heavy atom. The molecule has 0 aromatic heterocycles. The minimum Gasteiger partial charge on any atom is -0.354 e. The fourth-order valence-electron chi connectivity index (χ4n) is 3.27. The molecule has 0 fully saturated rings. The number of carbonyl (C=O) groups is 2. The molecule has 0 aliphatic rings. The molecule has 0 bridgehead atoms. The Hall–Kier alpha value is -2.29. The van der Waals surface area contributed by atoms with E-state index in [1.54, 1.807) is 56.3 Å². The fourth-order valence-corrected chi connectivity index (χ4v) is 4.69. The first-order chi connectivity index (χ1) is 15.5. The number of nitrogens with zero attached hydrogens (tertiary/aromatic N) is 2. The van der Waals surface area contributed by atoms with Gasteiger partial charge in [0.2, 0.25) is 21.8 Å². The molecule has 33 heavy (non-hydrogen) atoms. The van der Waals surface area contributed by atoms with Crippen molar-refractivity contribution < 1.29 is 18.0 Å². The molecule has 0 saturated carbocycles. The first kappa shape index (κ1) is 27.0. The highest BCUT2D eigenvalue weighted by Gasteiger charge is 2.31. The highest BCUT2D eigenvalue weighted by Crippen LogP contribution is 2.27. The summed E-state index contributed by atoms with van der Waals surface area (Å²) in [6.07, 6.45) is 1.78. The van der Waals surface area contributed by atoms with Crippen molar-refractivity contribution in [1.29, 1.82) is 0 Å². The van der Waals surface area contributed by atoms with Gasteiger partial charge in [-0.05, 0) is 44.0 Å². The SMILES string of the molecule is CCCNC(=O)[C@@H](C)N(Cc1c(Cl)cccc1Cl)C(=O)CN(c1ccccc1C)S(C)(=O)=O. The van der Waals surface area contributed by atoms with E-state index in [0.29, 0.717) is 33.4 Å². The minimum atomic E-state index is -3.79. The Morgan fingerprint density at radius 1 is 1.06 bits per heavy atom. The molecule has 2 aromatic rings. The largest absolute Gasteiger partial charge is 0.354 e. The number of benzene rings is 2. The molecule has 0 heterocycles. The van der Waals surface area contributed by atoms with Gasteiger partial charge in [-0.3, -0.25) is 13.9 Å². The van der Waals surface area contributed by atoms with Gasteiger partial charge in [0.15, 0.2) is 0 Å². The molecule has 0 spiro atoms. The number of anilines is 1. The molecule has 7 nitrogen and oxygen atoms in total. The quantitative estimate of drug-likeness (QED) is 0.519. The lowest BCUT2D eigenvalue weighted by Crippen LogP contribution is -2.51. The van der Waals surface area contributed by atoms with Gasteiger partial charge >= 0.3 is 0 Å². The van der Waals surface area contributed by atoms with Gasteiger partial charge in [0, 0.05) is 28.7 Å². The minimum absolute atomic E-state index is 0.0522. The van der Waals surface area contributed by atoms with Crippen molar-refractivity contribution >= 4 is 50.7 Å². The molecule has 2 aromatic carbocycles. The second kappa shape index (κ2) is 11.7. The Balaban J connectivity index is 2.45. The van der Waals surface area contributed by atoms with E-state index in [2.05, 4.69) is 5.32 Å². The highest BCUT2D eigenvalue weighted by atomic mass is 35.5. The van der Waals surface area contributed by atoms with Gasteiger partial charge in [0.25, 0.3) is 0 Å². The summed E-state index contributed by atoms with van der Waals surface area (Å²) in [4.78, 5) is 27.5. The van der Waals surface area contributed by atoms with Crippen LogP contribution in [0.4, 0.5) is 5.69 Å². The predicted octanol–water partition coefficient (Wildman–Crippen LogP) is 4.01. The molecular weight excluding hydrogens is 485 g/mol. The second-order valence-corrected chi connectivity index (χ2v) is 10.5. The fraction of sp³-hybridized carbons (Fsp3) is 0.391. The molecule has 0 aliphatic carbocycles. The summed E-state index contributed by atoms with van der Waals surface area (Å²) in [5, 5.41) is 3.47. The zero-order chi connectivity index (χ0) is 24.8. The number of hydrogen-bond donors (Lipinski definition) is 1. The summed E-state index contributed by atoms with van der Waals surface area (Å²) in [6.45, 7) is 5.20. The Bertz CT molecular complexity index is 1090. The Morgan fingerprint density at radius 2 is 1.67 bits per heavy atom. The average Bonchev–Trinajstić information content (AvgIpc) is 2.75. The van der Waals surface area contributed by atoms with Crippen LogP contribution in [0.5, 0.6) is 0 Å². The zero-order valence-electron chi connectivity index (χ0n) is 19.1. The van der Waals surface area contributed by atoms with E-state index in [9.17, 15) is 18.0 Å². The number of aryl methyl sites for hydroxylation is 1. The first-order valence-electron chi connectivity index (χ1n) is 10.5. The van der Waals surface area contributed by atoms with E-state index < -0.39 is 28.5 Å². The summed E-state index contributed by atoms with van der Waals surface area (Å²) in [5.74, 6) is -0.908. The van der Waals surface area contributed by atoms with Crippen LogP contribution >= 0.6 is 23.2 Å². The summed E-state index contributed by atoms with van der Waals surface area (Å²) in [5.41, 5.74) is 1.57. The number of carbonyl (C=O) groups excluding carboxylic acids is 2. The molecule has 1 atom stereocenters. The third kappa shape index (κ3) is 7.09. The van der Waals surface area contributed by atoms with Gasteiger partial charge < -0.3 is 10.2 Å². The van der Waals surface area contributed by atoms with Gasteiger partial charge in [-0.25, -0.2) is 8.42 Å². The van der Waals surface area contributed by atoms with Crippen LogP contribution in [0.3, 0.4) is 0 Å². The van der Waals surface area contributed by atoms with Crippen molar-refractivity contribution in [3.8, 4) is 0 Å². The molecule has 0 unspecified atom stereocenters. The van der Waals surface area contributed by atoms with E-state index in [1.807, 2.05) is 6.92 Å². The molecule has 2 amide bonds. The van der Waals surface area contributed by atoms with Gasteiger partial charge in [-0.2, -0.15) is 0 Å². The lowest BCUT2D eigenvalue weighted by atomic mass is 10.1. The monoisotopic (exact) mass is 513 g/mol. The summed E-state index contributed by atoms with van der Waals surface area (Å²) in [7, 11) is -3.79. The number of para-hydroxylation sites is 1. The van der Waals surface area contributed by atoms with Crippen LogP contribution in [0.15, 0.2) is 42.5 Å². The predicted molar refractivity (Wildman–Crippen MR) is 133 cm³/mol. The van der Waals surface area contributed by atoms with Crippen molar-refractivity contribution in [2.45, 2.75) is 39.8 Å². The maximum Gasteiger partial charge on any atom is 0.244 e. The van der Waals surface area contributed by atoms with Crippen LogP contribution < -0.4 is 9.62 Å². The Labute approximate surface area is 205 Å². The average molecular weight is 514 g/mol. The van der Waals surface area contributed by atoms with Crippen molar-refractivity contribution in [1.82, 2.24) is 10.2 Å². The van der Waals surface area contributed by atoms with E-state index in [0.717, 1.165) is 17.0 Å². The topological polar surface area (TPSA) is 86.8 Å². The third-order valence-electron chi connectivity index (χ3n) is 5.17. The van der Waals surface area contributed by atoms with Crippen LogP contribution in [-0.2, 0) is 26.2 Å². The number of rotatable bonds is 10. The lowest BCUT2D eigenvalue weighted by Gasteiger charge is -2.32. The maximum absolute atomic E-state index is 13.5.